The molecule has 0 bridgehead atoms. The molecule has 1 rings (SSSR count). The number of aliphatic carboxylic acids is 1. The van der Waals surface area contributed by atoms with Crippen LogP contribution in [0.25, 0.3) is 0 Å². The van der Waals surface area contributed by atoms with Crippen molar-refractivity contribution in [2.24, 2.45) is 17.4 Å². The van der Waals surface area contributed by atoms with Gasteiger partial charge in [-0.05, 0) is 18.8 Å². The monoisotopic (exact) mass is 499 g/mol. The SMILES string of the molecule is CC(C)CC(NC(=O)C(N)CCC(N)=O)C(=O)NC(Cc1cnc[nH]1)C(=O)NC(CS)C(=O)O. The van der Waals surface area contributed by atoms with Crippen molar-refractivity contribution >= 4 is 42.2 Å². The fourth-order valence-electron chi connectivity index (χ4n) is 2.97. The van der Waals surface area contributed by atoms with Crippen molar-refractivity contribution in [2.45, 2.75) is 63.7 Å². The number of hydrogen-bond donors (Lipinski definition) is 8. The maximum Gasteiger partial charge on any atom is 0.327 e. The summed E-state index contributed by atoms with van der Waals surface area (Å²) < 4.78 is 0. The minimum atomic E-state index is -1.27. The number of hydrogen-bond acceptors (Lipinski definition) is 8. The van der Waals surface area contributed by atoms with Crippen LogP contribution in [0.3, 0.4) is 0 Å². The number of carboxylic acids is 1. The number of carbonyl (C=O) groups excluding carboxylic acids is 4. The number of aromatic amines is 1. The van der Waals surface area contributed by atoms with Gasteiger partial charge in [-0.1, -0.05) is 13.8 Å². The van der Waals surface area contributed by atoms with Crippen LogP contribution in [-0.2, 0) is 30.4 Å². The summed E-state index contributed by atoms with van der Waals surface area (Å²) in [5.41, 5.74) is 11.4. The second-order valence-corrected chi connectivity index (χ2v) is 8.59. The summed E-state index contributed by atoms with van der Waals surface area (Å²) in [7, 11) is 0. The molecule has 190 valence electrons. The Labute approximate surface area is 202 Å². The maximum absolute atomic E-state index is 13.1. The van der Waals surface area contributed by atoms with Crippen LogP contribution in [0.1, 0.15) is 38.8 Å². The van der Waals surface area contributed by atoms with Crippen molar-refractivity contribution in [2.75, 3.05) is 5.75 Å². The molecule has 0 aliphatic heterocycles. The minimum Gasteiger partial charge on any atom is -0.480 e. The third-order valence-electron chi connectivity index (χ3n) is 4.79. The van der Waals surface area contributed by atoms with Crippen molar-refractivity contribution in [1.29, 1.82) is 0 Å². The van der Waals surface area contributed by atoms with Gasteiger partial charge in [0.15, 0.2) is 0 Å². The summed E-state index contributed by atoms with van der Waals surface area (Å²) in [6.45, 7) is 3.69. The van der Waals surface area contributed by atoms with Gasteiger partial charge in [-0.25, -0.2) is 9.78 Å². The van der Waals surface area contributed by atoms with Crippen LogP contribution >= 0.6 is 12.6 Å². The second-order valence-electron chi connectivity index (χ2n) is 8.23. The summed E-state index contributed by atoms with van der Waals surface area (Å²) in [6, 6.07) is -4.49. The Morgan fingerprint density at radius 2 is 1.65 bits per heavy atom. The molecule has 0 aliphatic rings. The Morgan fingerprint density at radius 3 is 2.15 bits per heavy atom. The average Bonchev–Trinajstić information content (AvgIpc) is 3.26. The van der Waals surface area contributed by atoms with Crippen molar-refractivity contribution in [3.8, 4) is 0 Å². The molecule has 13 nitrogen and oxygen atoms in total. The van der Waals surface area contributed by atoms with Gasteiger partial charge in [0.25, 0.3) is 0 Å². The Bertz CT molecular complexity index is 848. The normalized spacial score (nSPS) is 14.5. The van der Waals surface area contributed by atoms with E-state index in [-0.39, 0.29) is 37.4 Å². The Kier molecular flexibility index (Phi) is 12.1. The van der Waals surface area contributed by atoms with Crippen LogP contribution < -0.4 is 27.4 Å². The molecule has 0 spiro atoms. The Hall–Kier alpha value is -3.13. The molecule has 4 amide bonds. The van der Waals surface area contributed by atoms with E-state index in [1.54, 1.807) is 0 Å². The van der Waals surface area contributed by atoms with Gasteiger partial charge in [0.05, 0.1) is 12.4 Å². The number of imidazole rings is 1. The van der Waals surface area contributed by atoms with E-state index in [0.29, 0.717) is 5.69 Å². The van der Waals surface area contributed by atoms with Gasteiger partial charge in [0.1, 0.15) is 18.1 Å². The highest BCUT2D eigenvalue weighted by molar-refractivity contribution is 7.80. The lowest BCUT2D eigenvalue weighted by Crippen LogP contribution is -2.58. The van der Waals surface area contributed by atoms with Gasteiger partial charge in [0.2, 0.25) is 23.6 Å². The number of primary amides is 1. The fourth-order valence-corrected chi connectivity index (χ4v) is 3.21. The lowest BCUT2D eigenvalue weighted by atomic mass is 10.0. The highest BCUT2D eigenvalue weighted by atomic mass is 32.1. The van der Waals surface area contributed by atoms with E-state index in [1.165, 1.54) is 12.5 Å². The first kappa shape index (κ1) is 28.9. The number of rotatable bonds is 15. The maximum atomic E-state index is 13.1. The van der Waals surface area contributed by atoms with Crippen molar-refractivity contribution in [3.05, 3.63) is 18.2 Å². The van der Waals surface area contributed by atoms with Crippen LogP contribution in [0.2, 0.25) is 0 Å². The zero-order valence-corrected chi connectivity index (χ0v) is 20.0. The van der Waals surface area contributed by atoms with E-state index in [2.05, 4.69) is 38.5 Å². The lowest BCUT2D eigenvalue weighted by molar-refractivity contribution is -0.141. The first-order valence-electron chi connectivity index (χ1n) is 10.7. The lowest BCUT2D eigenvalue weighted by Gasteiger charge is -2.25. The van der Waals surface area contributed by atoms with Gasteiger partial charge in [-0.3, -0.25) is 19.2 Å². The number of carboxylic acid groups (broad SMARTS) is 1. The molecule has 0 fully saturated rings. The van der Waals surface area contributed by atoms with E-state index in [1.807, 2.05) is 13.8 Å². The van der Waals surface area contributed by atoms with Gasteiger partial charge >= 0.3 is 5.97 Å². The summed E-state index contributed by atoms with van der Waals surface area (Å²) >= 11 is 3.93. The minimum absolute atomic E-state index is 0.00153. The van der Waals surface area contributed by atoms with Gasteiger partial charge in [-0.2, -0.15) is 12.6 Å². The van der Waals surface area contributed by atoms with Crippen LogP contribution in [0.15, 0.2) is 12.5 Å². The second kappa shape index (κ2) is 14.2. The van der Waals surface area contributed by atoms with Crippen molar-refractivity contribution in [1.82, 2.24) is 25.9 Å². The number of nitrogens with zero attached hydrogens (tertiary/aromatic N) is 1. The molecule has 1 aromatic heterocycles. The molecule has 14 heteroatoms. The summed E-state index contributed by atoms with van der Waals surface area (Å²) in [4.78, 5) is 67.2. The Morgan fingerprint density at radius 1 is 1.06 bits per heavy atom. The van der Waals surface area contributed by atoms with Crippen LogP contribution in [0.4, 0.5) is 0 Å². The van der Waals surface area contributed by atoms with Crippen LogP contribution in [-0.4, -0.2) is 74.6 Å². The molecule has 4 unspecified atom stereocenters. The van der Waals surface area contributed by atoms with E-state index in [4.69, 9.17) is 11.5 Å². The fraction of sp³-hybridized carbons (Fsp3) is 0.600. The molecule has 34 heavy (non-hydrogen) atoms. The summed E-state index contributed by atoms with van der Waals surface area (Å²) in [6.07, 6.45) is 3.03. The number of H-pyrrole nitrogens is 1. The number of thiol groups is 1. The van der Waals surface area contributed by atoms with Crippen molar-refractivity contribution in [3.63, 3.8) is 0 Å². The van der Waals surface area contributed by atoms with Gasteiger partial charge < -0.3 is 37.5 Å². The zero-order valence-electron chi connectivity index (χ0n) is 19.1. The molecular formula is C20H33N7O6S. The molecule has 1 heterocycles. The summed E-state index contributed by atoms with van der Waals surface area (Å²) in [5.74, 6) is -4.06. The molecular weight excluding hydrogens is 466 g/mol. The molecule has 4 atom stereocenters. The summed E-state index contributed by atoms with van der Waals surface area (Å²) in [5, 5.41) is 16.7. The highest BCUT2D eigenvalue weighted by Crippen LogP contribution is 2.08. The molecule has 9 N–H and O–H groups in total. The third-order valence-corrected chi connectivity index (χ3v) is 5.15. The predicted molar refractivity (Wildman–Crippen MR) is 125 cm³/mol. The van der Waals surface area contributed by atoms with E-state index in [9.17, 15) is 29.1 Å². The van der Waals surface area contributed by atoms with E-state index >= 15 is 0 Å². The third kappa shape index (κ3) is 10.2. The number of aromatic nitrogens is 2. The van der Waals surface area contributed by atoms with Crippen molar-refractivity contribution < 1.29 is 29.1 Å². The number of amides is 4. The smallest absolute Gasteiger partial charge is 0.327 e. The average molecular weight is 500 g/mol. The standard InChI is InChI=1S/C20H33N7O6S/c1-10(2)5-13(25-17(29)12(21)3-4-16(22)28)18(30)26-14(6-11-7-23-9-24-11)19(31)27-15(8-34)20(32)33/h7,9-10,12-15,34H,3-6,8,21H2,1-2H3,(H2,22,28)(H,23,24)(H,25,29)(H,26,30)(H,27,31)(H,32,33). The largest absolute Gasteiger partial charge is 0.480 e. The molecule has 0 radical (unpaired) electrons. The number of nitrogens with one attached hydrogen (secondary N) is 4. The van der Waals surface area contributed by atoms with Gasteiger partial charge in [-0.15, -0.1) is 0 Å². The van der Waals surface area contributed by atoms with E-state index in [0.717, 1.165) is 0 Å². The molecule has 0 saturated heterocycles. The van der Waals surface area contributed by atoms with E-state index < -0.39 is 53.8 Å². The topological polar surface area (TPSA) is 222 Å². The van der Waals surface area contributed by atoms with Crippen LogP contribution in [0, 0.1) is 5.92 Å². The van der Waals surface area contributed by atoms with Gasteiger partial charge in [0, 0.05) is 30.5 Å². The highest BCUT2D eigenvalue weighted by Gasteiger charge is 2.30. The predicted octanol–water partition coefficient (Wildman–Crippen LogP) is -1.94. The molecule has 1 aromatic rings. The quantitative estimate of drug-likeness (QED) is 0.126. The zero-order chi connectivity index (χ0) is 25.8. The number of carbonyl (C=O) groups is 5. The Balaban J connectivity index is 2.99. The first-order chi connectivity index (χ1) is 15.9. The molecule has 0 saturated carbocycles. The number of nitrogens with two attached hydrogens (primary N) is 2. The molecule has 0 aliphatic carbocycles. The molecule has 0 aromatic carbocycles. The first-order valence-corrected chi connectivity index (χ1v) is 11.3. The van der Waals surface area contributed by atoms with Crippen LogP contribution in [0.5, 0.6) is 0 Å².